The maximum absolute atomic E-state index is 13.6. The van der Waals surface area contributed by atoms with Crippen molar-refractivity contribution < 1.29 is 13.5 Å². The number of benzene rings is 1. The van der Waals surface area contributed by atoms with Gasteiger partial charge in [-0.3, -0.25) is 0 Å². The minimum absolute atomic E-state index is 0.230. The van der Waals surface area contributed by atoms with Crippen LogP contribution in [0.3, 0.4) is 0 Å². The van der Waals surface area contributed by atoms with Gasteiger partial charge in [-0.25, -0.2) is 16.7 Å². The van der Waals surface area contributed by atoms with Crippen molar-refractivity contribution in [1.29, 1.82) is 0 Å². The molecule has 6 rings (SSSR count). The van der Waals surface area contributed by atoms with Gasteiger partial charge in [0.25, 0.3) is 0 Å². The number of hydrogen-bond donors (Lipinski definition) is 2. The van der Waals surface area contributed by atoms with Gasteiger partial charge >= 0.3 is 0 Å². The highest BCUT2D eigenvalue weighted by Crippen LogP contribution is 2.27. The summed E-state index contributed by atoms with van der Waals surface area (Å²) in [5.74, 6) is -0.362. The highest BCUT2D eigenvalue weighted by atomic mass is 127. The van der Waals surface area contributed by atoms with Crippen LogP contribution in [0, 0.1) is 11.6 Å². The topological polar surface area (TPSA) is 114 Å². The number of aromatic nitrogens is 8. The molecule has 4 aromatic heterocycles. The number of hydrogen-bond acceptors (Lipinski definition) is 8. The average Bonchev–Trinajstić information content (AvgIpc) is 3.56. The summed E-state index contributed by atoms with van der Waals surface area (Å²) < 4.78 is 35.9. The molecule has 1 saturated heterocycles. The fraction of sp³-hybridized carbons (Fsp3) is 0.250. The van der Waals surface area contributed by atoms with Crippen LogP contribution in [0.25, 0.3) is 27.8 Å². The standard InChI is InChI=1S/C20H17F2IN10O/c21-13-5-15-16(6-14(13)22)28-17(27-15)9-24-19-30-20(31-1-3-34-4-2-31)29-18-12(8-26-33(18)19)11-7-25-32(23)10-11/h5-8,10H,1-4,9H2,(H,27,28)(H,24,29,30). The summed E-state index contributed by atoms with van der Waals surface area (Å²) in [5, 5.41) is 12.0. The molecule has 5 heterocycles. The number of morpholine rings is 1. The Balaban J connectivity index is 1.38. The molecule has 0 spiro atoms. The first-order valence-corrected chi connectivity index (χ1v) is 11.4. The molecule has 11 nitrogen and oxygen atoms in total. The Hall–Kier alpha value is -3.40. The molecule has 1 aliphatic heterocycles. The molecule has 1 aromatic carbocycles. The molecule has 5 aromatic rings. The predicted octanol–water partition coefficient (Wildman–Crippen LogP) is 2.79. The van der Waals surface area contributed by atoms with Crippen molar-refractivity contribution in [3.05, 3.63) is 48.2 Å². The van der Waals surface area contributed by atoms with Crippen LogP contribution < -0.4 is 10.2 Å². The summed E-state index contributed by atoms with van der Waals surface area (Å²) in [4.78, 5) is 18.9. The molecule has 0 atom stereocenters. The van der Waals surface area contributed by atoms with Gasteiger partial charge in [0, 0.05) is 37.0 Å². The van der Waals surface area contributed by atoms with Gasteiger partial charge in [0.2, 0.25) is 11.9 Å². The van der Waals surface area contributed by atoms with Gasteiger partial charge in [-0.05, 0) is 0 Å². The average molecular weight is 578 g/mol. The largest absolute Gasteiger partial charge is 0.378 e. The van der Waals surface area contributed by atoms with Gasteiger partial charge in [-0.15, -0.1) is 0 Å². The number of aromatic amines is 1. The minimum atomic E-state index is -0.940. The fourth-order valence-corrected chi connectivity index (χ4v) is 4.26. The van der Waals surface area contributed by atoms with Crippen molar-refractivity contribution in [2.75, 3.05) is 36.5 Å². The van der Waals surface area contributed by atoms with E-state index in [1.807, 2.05) is 6.20 Å². The SMILES string of the molecule is Fc1cc2nc(CNc3nc(N4CCOCC4)nc4c(-c5cnn(I)c5)cnn34)[nH]c2cc1F. The zero-order valence-corrected chi connectivity index (χ0v) is 19.7. The maximum Gasteiger partial charge on any atom is 0.230 e. The van der Waals surface area contributed by atoms with Crippen LogP contribution in [-0.2, 0) is 11.3 Å². The van der Waals surface area contributed by atoms with Gasteiger partial charge in [0.15, 0.2) is 17.3 Å². The van der Waals surface area contributed by atoms with Crippen LogP contribution in [-0.4, -0.2) is 63.8 Å². The lowest BCUT2D eigenvalue weighted by atomic mass is 10.2. The number of anilines is 2. The van der Waals surface area contributed by atoms with E-state index in [1.54, 1.807) is 19.8 Å². The summed E-state index contributed by atoms with van der Waals surface area (Å²) in [5.41, 5.74) is 3.07. The van der Waals surface area contributed by atoms with E-state index in [2.05, 4.69) is 53.2 Å². The van der Waals surface area contributed by atoms with Gasteiger partial charge in [-0.2, -0.15) is 24.7 Å². The van der Waals surface area contributed by atoms with Crippen LogP contribution in [0.4, 0.5) is 20.7 Å². The van der Waals surface area contributed by atoms with Gasteiger partial charge in [-0.1, -0.05) is 0 Å². The van der Waals surface area contributed by atoms with E-state index in [-0.39, 0.29) is 6.54 Å². The van der Waals surface area contributed by atoms with E-state index in [9.17, 15) is 8.78 Å². The summed E-state index contributed by atoms with van der Waals surface area (Å²) in [6.07, 6.45) is 5.35. The van der Waals surface area contributed by atoms with Gasteiger partial charge < -0.3 is 19.9 Å². The first kappa shape index (κ1) is 21.2. The number of rotatable bonds is 5. The normalized spacial score (nSPS) is 14.4. The van der Waals surface area contributed by atoms with Crippen molar-refractivity contribution in [2.24, 2.45) is 0 Å². The summed E-state index contributed by atoms with van der Waals surface area (Å²) in [6, 6.07) is 2.16. The zero-order valence-electron chi connectivity index (χ0n) is 17.5. The third kappa shape index (κ3) is 3.81. The molecule has 174 valence electrons. The first-order valence-electron chi connectivity index (χ1n) is 10.4. The fourth-order valence-electron chi connectivity index (χ4n) is 3.83. The van der Waals surface area contributed by atoms with E-state index in [1.165, 1.54) is 0 Å². The molecule has 1 aliphatic rings. The Kier molecular flexibility index (Phi) is 5.24. The summed E-state index contributed by atoms with van der Waals surface area (Å²) in [7, 11) is 0. The lowest BCUT2D eigenvalue weighted by Crippen LogP contribution is -2.37. The second-order valence-electron chi connectivity index (χ2n) is 7.68. The number of imidazole rings is 1. The lowest BCUT2D eigenvalue weighted by molar-refractivity contribution is 0.122. The molecular formula is C20H17F2IN10O. The van der Waals surface area contributed by atoms with Crippen LogP contribution in [0.1, 0.15) is 5.82 Å². The Bertz CT molecular complexity index is 1470. The number of nitrogens with one attached hydrogen (secondary N) is 2. The first-order chi connectivity index (χ1) is 16.5. The molecule has 0 aliphatic carbocycles. The highest BCUT2D eigenvalue weighted by molar-refractivity contribution is 14.1. The van der Waals surface area contributed by atoms with Crippen molar-refractivity contribution in [2.45, 2.75) is 6.54 Å². The van der Waals surface area contributed by atoms with Gasteiger partial charge in [0.05, 0.1) is 71.6 Å². The van der Waals surface area contributed by atoms with Crippen LogP contribution in [0.5, 0.6) is 0 Å². The van der Waals surface area contributed by atoms with Crippen LogP contribution in [0.2, 0.25) is 0 Å². The molecule has 2 N–H and O–H groups in total. The number of nitrogens with zero attached hydrogens (tertiary/aromatic N) is 8. The third-order valence-electron chi connectivity index (χ3n) is 5.50. The van der Waals surface area contributed by atoms with E-state index in [0.29, 0.717) is 60.7 Å². The van der Waals surface area contributed by atoms with Gasteiger partial charge in [0.1, 0.15) is 5.82 Å². The predicted molar refractivity (Wildman–Crippen MR) is 128 cm³/mol. The number of fused-ring (bicyclic) bond motifs is 2. The Morgan fingerprint density at radius 3 is 2.68 bits per heavy atom. The number of halogens is 3. The molecule has 14 heteroatoms. The van der Waals surface area contributed by atoms with Crippen molar-refractivity contribution in [3.8, 4) is 11.1 Å². The van der Waals surface area contributed by atoms with E-state index < -0.39 is 11.6 Å². The number of ether oxygens (including phenoxy) is 1. The van der Waals surface area contributed by atoms with Crippen molar-refractivity contribution >= 4 is 51.4 Å². The Labute approximate surface area is 204 Å². The maximum atomic E-state index is 13.6. The van der Waals surface area contributed by atoms with E-state index in [4.69, 9.17) is 14.7 Å². The van der Waals surface area contributed by atoms with Crippen molar-refractivity contribution in [1.82, 2.24) is 37.5 Å². The molecule has 0 amide bonds. The second-order valence-corrected chi connectivity index (χ2v) is 8.67. The zero-order chi connectivity index (χ0) is 23.2. The quantitative estimate of drug-likeness (QED) is 0.307. The molecule has 0 radical (unpaired) electrons. The highest BCUT2D eigenvalue weighted by Gasteiger charge is 2.20. The summed E-state index contributed by atoms with van der Waals surface area (Å²) in [6.45, 7) is 2.76. The van der Waals surface area contributed by atoms with E-state index >= 15 is 0 Å². The molecule has 1 fully saturated rings. The Morgan fingerprint density at radius 2 is 1.88 bits per heavy atom. The monoisotopic (exact) mass is 578 g/mol. The molecular weight excluding hydrogens is 561 g/mol. The second kappa shape index (κ2) is 8.43. The van der Waals surface area contributed by atoms with E-state index in [0.717, 1.165) is 23.3 Å². The van der Waals surface area contributed by atoms with Crippen LogP contribution in [0.15, 0.2) is 30.7 Å². The molecule has 34 heavy (non-hydrogen) atoms. The third-order valence-corrected chi connectivity index (χ3v) is 6.03. The summed E-state index contributed by atoms with van der Waals surface area (Å²) >= 11 is 2.08. The lowest BCUT2D eigenvalue weighted by Gasteiger charge is -2.27. The minimum Gasteiger partial charge on any atom is -0.378 e. The van der Waals surface area contributed by atoms with Crippen LogP contribution >= 0.6 is 22.9 Å². The molecule has 0 bridgehead atoms. The smallest absolute Gasteiger partial charge is 0.230 e. The number of H-pyrrole nitrogens is 1. The molecule has 0 unspecified atom stereocenters. The Morgan fingerprint density at radius 1 is 1.06 bits per heavy atom. The molecule has 0 saturated carbocycles. The van der Waals surface area contributed by atoms with Crippen molar-refractivity contribution in [3.63, 3.8) is 0 Å².